The van der Waals surface area contributed by atoms with Crippen molar-refractivity contribution >= 4 is 5.97 Å². The molecule has 0 aromatic rings. The summed E-state index contributed by atoms with van der Waals surface area (Å²) in [4.78, 5) is 10.1. The lowest BCUT2D eigenvalue weighted by molar-refractivity contribution is -0.138. The summed E-state index contributed by atoms with van der Waals surface area (Å²) in [6.07, 6.45) is 2.16. The van der Waals surface area contributed by atoms with Crippen molar-refractivity contribution in [2.75, 3.05) is 6.54 Å². The number of carboxylic acid groups (broad SMARTS) is 1. The Morgan fingerprint density at radius 1 is 1.50 bits per heavy atom. The van der Waals surface area contributed by atoms with Crippen LogP contribution in [0.3, 0.4) is 0 Å². The van der Waals surface area contributed by atoms with Gasteiger partial charge in [0.1, 0.15) is 6.04 Å². The van der Waals surface area contributed by atoms with Crippen molar-refractivity contribution in [3.63, 3.8) is 0 Å². The van der Waals surface area contributed by atoms with Crippen LogP contribution in [0, 0.1) is 0 Å². The van der Waals surface area contributed by atoms with E-state index in [0.717, 1.165) is 12.8 Å². The van der Waals surface area contributed by atoms with E-state index in [1.807, 2.05) is 0 Å². The summed E-state index contributed by atoms with van der Waals surface area (Å²) in [6.45, 7) is 0.604. The molecule has 1 unspecified atom stereocenters. The van der Waals surface area contributed by atoms with Gasteiger partial charge in [-0.05, 0) is 19.4 Å². The Kier molecular flexibility index (Phi) is 4.88. The second-order valence-corrected chi connectivity index (χ2v) is 2.23. The van der Waals surface area contributed by atoms with Gasteiger partial charge in [0.05, 0.1) is 0 Å². The zero-order valence-electron chi connectivity index (χ0n) is 5.92. The third-order valence-corrected chi connectivity index (χ3v) is 1.29. The van der Waals surface area contributed by atoms with Gasteiger partial charge in [-0.25, -0.2) is 0 Å². The number of nitrogens with two attached hydrogens (primary N) is 2. The Labute approximate surface area is 60.2 Å². The molecule has 5 N–H and O–H groups in total. The van der Waals surface area contributed by atoms with Crippen LogP contribution in [-0.4, -0.2) is 23.7 Å². The van der Waals surface area contributed by atoms with Crippen molar-refractivity contribution in [3.05, 3.63) is 0 Å². The lowest BCUT2D eigenvalue weighted by Crippen LogP contribution is -2.29. The Morgan fingerprint density at radius 3 is 2.50 bits per heavy atom. The van der Waals surface area contributed by atoms with E-state index in [2.05, 4.69) is 0 Å². The fraction of sp³-hybridized carbons (Fsp3) is 0.833. The number of hydrogen-bond acceptors (Lipinski definition) is 3. The molecule has 0 fully saturated rings. The highest BCUT2D eigenvalue weighted by Crippen LogP contribution is 1.96. The molecular weight excluding hydrogens is 131 g/mol. The predicted molar refractivity (Wildman–Crippen MR) is 38.5 cm³/mol. The smallest absolute Gasteiger partial charge is 0.320 e. The molecule has 0 aliphatic carbocycles. The van der Waals surface area contributed by atoms with Crippen molar-refractivity contribution < 1.29 is 9.90 Å². The maximum absolute atomic E-state index is 10.1. The fourth-order valence-electron chi connectivity index (χ4n) is 0.632. The molecular formula is C6H14N2O2. The minimum atomic E-state index is -0.933. The van der Waals surface area contributed by atoms with E-state index in [1.165, 1.54) is 0 Å². The van der Waals surface area contributed by atoms with Crippen molar-refractivity contribution in [1.82, 2.24) is 0 Å². The van der Waals surface area contributed by atoms with Gasteiger partial charge in [0.25, 0.3) is 0 Å². The molecule has 0 aromatic heterocycles. The molecule has 1 atom stereocenters. The lowest BCUT2D eigenvalue weighted by Gasteiger charge is -2.03. The standard InChI is InChI=1S/C6H14N2O2/c7-4-2-1-3-5(8)6(9)10/h5H,1-4,7-8H2,(H,9,10)/i6-1. The van der Waals surface area contributed by atoms with Crippen molar-refractivity contribution in [2.45, 2.75) is 25.3 Å². The molecule has 0 amide bonds. The zero-order chi connectivity index (χ0) is 7.98. The van der Waals surface area contributed by atoms with Crippen LogP contribution in [0.2, 0.25) is 0 Å². The molecule has 4 heteroatoms. The first-order valence-corrected chi connectivity index (χ1v) is 3.37. The quantitative estimate of drug-likeness (QED) is 0.456. The molecule has 4 nitrogen and oxygen atoms in total. The van der Waals surface area contributed by atoms with Gasteiger partial charge >= 0.3 is 5.97 Å². The second kappa shape index (κ2) is 5.20. The maximum atomic E-state index is 10.1. The van der Waals surface area contributed by atoms with Gasteiger partial charge in [-0.15, -0.1) is 0 Å². The summed E-state index contributed by atoms with van der Waals surface area (Å²) < 4.78 is 0. The van der Waals surface area contributed by atoms with Crippen LogP contribution in [0.4, 0.5) is 0 Å². The van der Waals surface area contributed by atoms with Crippen LogP contribution in [0.5, 0.6) is 0 Å². The van der Waals surface area contributed by atoms with E-state index < -0.39 is 12.0 Å². The minimum absolute atomic E-state index is 0.520. The average Bonchev–Trinajstić information content (AvgIpc) is 1.88. The molecule has 0 spiro atoms. The Balaban J connectivity index is 3.21. The number of hydrogen-bond donors (Lipinski definition) is 3. The lowest BCUT2D eigenvalue weighted by atomic mass is 9.91. The van der Waals surface area contributed by atoms with Crippen LogP contribution in [0.15, 0.2) is 0 Å². The molecule has 0 heterocycles. The van der Waals surface area contributed by atoms with E-state index in [-0.39, 0.29) is 0 Å². The third-order valence-electron chi connectivity index (χ3n) is 1.29. The normalized spacial score (nSPS) is 13.0. The van der Waals surface area contributed by atoms with Crippen LogP contribution in [0.25, 0.3) is 0 Å². The van der Waals surface area contributed by atoms with Crippen molar-refractivity contribution in [1.29, 1.82) is 0 Å². The van der Waals surface area contributed by atoms with Crippen molar-refractivity contribution in [2.24, 2.45) is 11.5 Å². The zero-order valence-corrected chi connectivity index (χ0v) is 5.92. The van der Waals surface area contributed by atoms with Gasteiger partial charge in [0, 0.05) is 0 Å². The summed E-state index contributed by atoms with van der Waals surface area (Å²) >= 11 is 0. The van der Waals surface area contributed by atoms with Crippen molar-refractivity contribution in [3.8, 4) is 0 Å². The fourth-order valence-corrected chi connectivity index (χ4v) is 0.632. The monoisotopic (exact) mass is 145 g/mol. The molecule has 0 saturated heterocycles. The number of rotatable bonds is 5. The SMILES string of the molecule is NCCCCC(N)[11C](=O)O. The summed E-state index contributed by atoms with van der Waals surface area (Å²) in [6, 6.07) is -0.716. The predicted octanol–water partition coefficient (Wildman–Crippen LogP) is -0.473. The van der Waals surface area contributed by atoms with Gasteiger partial charge in [-0.3, -0.25) is 4.79 Å². The molecule has 0 aliphatic rings. The van der Waals surface area contributed by atoms with E-state index in [1.54, 1.807) is 0 Å². The highest BCUT2D eigenvalue weighted by Gasteiger charge is 2.09. The number of unbranched alkanes of at least 4 members (excludes halogenated alkanes) is 1. The van der Waals surface area contributed by atoms with Gasteiger partial charge in [0.2, 0.25) is 0 Å². The third kappa shape index (κ3) is 4.29. The summed E-state index contributed by atoms with van der Waals surface area (Å²) in [5.74, 6) is -0.933. The molecule has 0 radical (unpaired) electrons. The van der Waals surface area contributed by atoms with Gasteiger partial charge in [-0.1, -0.05) is 6.42 Å². The second-order valence-electron chi connectivity index (χ2n) is 2.23. The molecule has 0 aliphatic heterocycles. The molecule has 0 bridgehead atoms. The van der Waals surface area contributed by atoms with Gasteiger partial charge in [0.15, 0.2) is 0 Å². The minimum Gasteiger partial charge on any atom is -0.480 e. The topological polar surface area (TPSA) is 89.3 Å². The first-order chi connectivity index (χ1) is 4.68. The highest BCUT2D eigenvalue weighted by molar-refractivity contribution is 5.72. The van der Waals surface area contributed by atoms with Crippen LogP contribution < -0.4 is 11.5 Å². The van der Waals surface area contributed by atoms with E-state index in [0.29, 0.717) is 13.0 Å². The summed E-state index contributed by atoms with van der Waals surface area (Å²) in [5.41, 5.74) is 10.4. The number of carbonyl (C=O) groups is 1. The average molecular weight is 145 g/mol. The number of carboxylic acids is 1. The first kappa shape index (κ1) is 9.39. The maximum Gasteiger partial charge on any atom is 0.320 e. The molecule has 0 aromatic carbocycles. The van der Waals surface area contributed by atoms with Crippen LogP contribution >= 0.6 is 0 Å². The molecule has 0 rings (SSSR count). The Morgan fingerprint density at radius 2 is 2.10 bits per heavy atom. The van der Waals surface area contributed by atoms with E-state index in [4.69, 9.17) is 16.6 Å². The van der Waals surface area contributed by atoms with Gasteiger partial charge in [-0.2, -0.15) is 0 Å². The van der Waals surface area contributed by atoms with Gasteiger partial charge < -0.3 is 16.6 Å². The van der Waals surface area contributed by atoms with Crippen LogP contribution in [0.1, 0.15) is 19.3 Å². The number of aliphatic carboxylic acids is 1. The largest absolute Gasteiger partial charge is 0.480 e. The van der Waals surface area contributed by atoms with E-state index in [9.17, 15) is 4.79 Å². The molecule has 60 valence electrons. The Bertz CT molecular complexity index is 106. The Hall–Kier alpha value is -0.610. The summed E-state index contributed by atoms with van der Waals surface area (Å²) in [5, 5.41) is 8.33. The van der Waals surface area contributed by atoms with Crippen LogP contribution in [-0.2, 0) is 4.79 Å². The summed E-state index contributed by atoms with van der Waals surface area (Å²) in [7, 11) is 0. The molecule has 0 saturated carbocycles. The first-order valence-electron chi connectivity index (χ1n) is 3.37. The molecule has 10 heavy (non-hydrogen) atoms. The van der Waals surface area contributed by atoms with E-state index >= 15 is 0 Å². The highest BCUT2D eigenvalue weighted by atomic mass is 16.3.